The van der Waals surface area contributed by atoms with Crippen LogP contribution < -0.4 is 0 Å². The number of phenolic OH excluding ortho intramolecular Hbond substituents is 1. The van der Waals surface area contributed by atoms with Crippen LogP contribution in [-0.4, -0.2) is 16.8 Å². The predicted molar refractivity (Wildman–Crippen MR) is 59.9 cm³/mol. The van der Waals surface area contributed by atoms with E-state index in [-0.39, 0.29) is 6.61 Å². The van der Waals surface area contributed by atoms with Crippen LogP contribution >= 0.6 is 0 Å². The van der Waals surface area contributed by atoms with E-state index >= 15 is 0 Å². The van der Waals surface area contributed by atoms with Crippen LogP contribution in [0.2, 0.25) is 0 Å². The molecule has 0 heterocycles. The van der Waals surface area contributed by atoms with Gasteiger partial charge in [-0.3, -0.25) is 0 Å². The van der Waals surface area contributed by atoms with Crippen LogP contribution in [0.5, 0.6) is 5.75 Å². The number of fused-ring (bicyclic) bond motifs is 1. The normalized spacial score (nSPS) is 22.1. The number of rotatable bonds is 2. The Morgan fingerprint density at radius 3 is 3.00 bits per heavy atom. The highest BCUT2D eigenvalue weighted by atomic mass is 16.3. The largest absolute Gasteiger partial charge is 0.508 e. The number of aliphatic hydroxyl groups excluding tert-OH is 1. The number of benzene rings is 1. The molecule has 82 valence electrons. The molecule has 1 aromatic rings. The summed E-state index contributed by atoms with van der Waals surface area (Å²) >= 11 is 0. The van der Waals surface area contributed by atoms with E-state index in [0.29, 0.717) is 17.6 Å². The maximum atomic E-state index is 9.69. The van der Waals surface area contributed by atoms with Gasteiger partial charge < -0.3 is 10.2 Å². The number of aromatic hydroxyl groups is 1. The van der Waals surface area contributed by atoms with Gasteiger partial charge in [0.2, 0.25) is 0 Å². The summed E-state index contributed by atoms with van der Waals surface area (Å²) in [5.41, 5.74) is 2.37. The van der Waals surface area contributed by atoms with Crippen molar-refractivity contribution in [3.05, 3.63) is 29.3 Å². The molecule has 0 bridgehead atoms. The standard InChI is InChI=1S/C13H18O2/c1-9(8-14)10-5-6-12-11(7-10)3-2-4-13(12)15/h2-4,9-10,14-15H,5-8H2,1H3. The van der Waals surface area contributed by atoms with Crippen molar-refractivity contribution >= 4 is 0 Å². The fourth-order valence-electron chi connectivity index (χ4n) is 2.45. The summed E-state index contributed by atoms with van der Waals surface area (Å²) in [4.78, 5) is 0. The van der Waals surface area contributed by atoms with Crippen molar-refractivity contribution in [1.29, 1.82) is 0 Å². The molecular weight excluding hydrogens is 188 g/mol. The highest BCUT2D eigenvalue weighted by molar-refractivity contribution is 5.40. The van der Waals surface area contributed by atoms with Crippen LogP contribution in [-0.2, 0) is 12.8 Å². The SMILES string of the molecule is CC(CO)C1CCc2c(O)cccc2C1. The topological polar surface area (TPSA) is 40.5 Å². The van der Waals surface area contributed by atoms with Gasteiger partial charge in [0, 0.05) is 6.61 Å². The molecule has 1 aromatic carbocycles. The van der Waals surface area contributed by atoms with Crippen molar-refractivity contribution in [3.63, 3.8) is 0 Å². The monoisotopic (exact) mass is 206 g/mol. The van der Waals surface area contributed by atoms with Crippen molar-refractivity contribution in [2.45, 2.75) is 26.2 Å². The molecule has 1 aliphatic rings. The van der Waals surface area contributed by atoms with E-state index in [4.69, 9.17) is 5.11 Å². The van der Waals surface area contributed by atoms with Crippen molar-refractivity contribution in [3.8, 4) is 5.75 Å². The molecule has 0 saturated carbocycles. The molecule has 1 aliphatic carbocycles. The van der Waals surface area contributed by atoms with E-state index in [1.807, 2.05) is 6.07 Å². The van der Waals surface area contributed by atoms with Gasteiger partial charge in [-0.05, 0) is 48.3 Å². The van der Waals surface area contributed by atoms with Gasteiger partial charge in [0.05, 0.1) is 0 Å². The van der Waals surface area contributed by atoms with E-state index < -0.39 is 0 Å². The molecule has 2 nitrogen and oxygen atoms in total. The first-order valence-electron chi connectivity index (χ1n) is 5.63. The number of hydrogen-bond donors (Lipinski definition) is 2. The van der Waals surface area contributed by atoms with Crippen LogP contribution in [0.15, 0.2) is 18.2 Å². The lowest BCUT2D eigenvalue weighted by Gasteiger charge is -2.28. The van der Waals surface area contributed by atoms with Crippen molar-refractivity contribution in [1.82, 2.24) is 0 Å². The predicted octanol–water partition coefficient (Wildman–Crippen LogP) is 2.13. The van der Waals surface area contributed by atoms with Gasteiger partial charge in [-0.15, -0.1) is 0 Å². The van der Waals surface area contributed by atoms with Crippen molar-refractivity contribution < 1.29 is 10.2 Å². The Bertz CT molecular complexity index is 346. The van der Waals surface area contributed by atoms with Gasteiger partial charge >= 0.3 is 0 Å². The summed E-state index contributed by atoms with van der Waals surface area (Å²) in [5, 5.41) is 18.8. The Hall–Kier alpha value is -1.02. The first kappa shape index (κ1) is 10.5. The van der Waals surface area contributed by atoms with Crippen molar-refractivity contribution in [2.24, 2.45) is 11.8 Å². The Morgan fingerprint density at radius 2 is 2.27 bits per heavy atom. The van der Waals surface area contributed by atoms with E-state index in [2.05, 4.69) is 13.0 Å². The molecule has 0 spiro atoms. The van der Waals surface area contributed by atoms with E-state index in [1.165, 1.54) is 5.56 Å². The van der Waals surface area contributed by atoms with Crippen molar-refractivity contribution in [2.75, 3.05) is 6.61 Å². The molecule has 0 radical (unpaired) electrons. The lowest BCUT2D eigenvalue weighted by Crippen LogP contribution is -2.23. The van der Waals surface area contributed by atoms with Gasteiger partial charge in [-0.1, -0.05) is 19.1 Å². The summed E-state index contributed by atoms with van der Waals surface area (Å²) in [6.07, 6.45) is 3.01. The molecule has 0 fully saturated rings. The highest BCUT2D eigenvalue weighted by Gasteiger charge is 2.24. The fraction of sp³-hybridized carbons (Fsp3) is 0.538. The molecule has 2 heteroatoms. The molecular formula is C13H18O2. The molecule has 0 saturated heterocycles. The Balaban J connectivity index is 2.20. The molecule has 2 unspecified atom stereocenters. The van der Waals surface area contributed by atoms with Gasteiger partial charge in [0.25, 0.3) is 0 Å². The lowest BCUT2D eigenvalue weighted by molar-refractivity contribution is 0.177. The third-order valence-corrected chi connectivity index (χ3v) is 3.59. The molecule has 0 amide bonds. The van der Waals surface area contributed by atoms with E-state index in [0.717, 1.165) is 24.8 Å². The second-order valence-electron chi connectivity index (χ2n) is 4.58. The third kappa shape index (κ3) is 2.00. The zero-order chi connectivity index (χ0) is 10.8. The fourth-order valence-corrected chi connectivity index (χ4v) is 2.45. The molecule has 2 atom stereocenters. The first-order chi connectivity index (χ1) is 7.22. The quantitative estimate of drug-likeness (QED) is 0.778. The van der Waals surface area contributed by atoms with Gasteiger partial charge in [0.1, 0.15) is 5.75 Å². The van der Waals surface area contributed by atoms with Gasteiger partial charge in [0.15, 0.2) is 0 Å². The maximum Gasteiger partial charge on any atom is 0.119 e. The summed E-state index contributed by atoms with van der Waals surface area (Å²) < 4.78 is 0. The number of aliphatic hydroxyl groups is 1. The molecule has 0 aliphatic heterocycles. The number of hydrogen-bond acceptors (Lipinski definition) is 2. The number of phenols is 1. The van der Waals surface area contributed by atoms with Gasteiger partial charge in [-0.2, -0.15) is 0 Å². The van der Waals surface area contributed by atoms with Crippen LogP contribution in [0.25, 0.3) is 0 Å². The molecule has 2 N–H and O–H groups in total. The average molecular weight is 206 g/mol. The summed E-state index contributed by atoms with van der Waals surface area (Å²) in [6.45, 7) is 2.36. The Kier molecular flexibility index (Phi) is 2.96. The minimum Gasteiger partial charge on any atom is -0.508 e. The average Bonchev–Trinajstić information content (AvgIpc) is 2.28. The summed E-state index contributed by atoms with van der Waals surface area (Å²) in [7, 11) is 0. The first-order valence-corrected chi connectivity index (χ1v) is 5.63. The molecule has 15 heavy (non-hydrogen) atoms. The minimum absolute atomic E-state index is 0.263. The van der Waals surface area contributed by atoms with E-state index in [1.54, 1.807) is 6.07 Å². The Morgan fingerprint density at radius 1 is 1.47 bits per heavy atom. The van der Waals surface area contributed by atoms with Crippen LogP contribution in [0.1, 0.15) is 24.5 Å². The minimum atomic E-state index is 0.263. The van der Waals surface area contributed by atoms with Crippen LogP contribution in [0, 0.1) is 11.8 Å². The van der Waals surface area contributed by atoms with Gasteiger partial charge in [-0.25, -0.2) is 0 Å². The zero-order valence-electron chi connectivity index (χ0n) is 9.11. The van der Waals surface area contributed by atoms with Crippen LogP contribution in [0.4, 0.5) is 0 Å². The summed E-state index contributed by atoms with van der Waals surface area (Å²) in [6, 6.07) is 5.75. The molecule has 2 rings (SSSR count). The smallest absolute Gasteiger partial charge is 0.119 e. The third-order valence-electron chi connectivity index (χ3n) is 3.59. The van der Waals surface area contributed by atoms with Crippen LogP contribution in [0.3, 0.4) is 0 Å². The maximum absolute atomic E-state index is 9.69. The second kappa shape index (κ2) is 4.23. The zero-order valence-corrected chi connectivity index (χ0v) is 9.11. The second-order valence-corrected chi connectivity index (χ2v) is 4.58. The highest BCUT2D eigenvalue weighted by Crippen LogP contribution is 2.34. The lowest BCUT2D eigenvalue weighted by atomic mass is 9.78. The summed E-state index contributed by atoms with van der Waals surface area (Å²) in [5.74, 6) is 1.35. The van der Waals surface area contributed by atoms with E-state index in [9.17, 15) is 5.11 Å². The molecule has 0 aromatic heterocycles. The Labute approximate surface area is 90.6 Å².